The lowest BCUT2D eigenvalue weighted by atomic mass is 9.80. The molecule has 34 heavy (non-hydrogen) atoms. The van der Waals surface area contributed by atoms with Crippen molar-refractivity contribution in [3.8, 4) is 0 Å². The molecule has 6 aromatic rings. The average Bonchev–Trinajstić information content (AvgIpc) is 3.29. The Morgan fingerprint density at radius 3 is 1.74 bits per heavy atom. The second-order valence-electron chi connectivity index (χ2n) is 10.3. The molecule has 1 aliphatic rings. The van der Waals surface area contributed by atoms with Crippen molar-refractivity contribution in [2.75, 3.05) is 0 Å². The largest absolute Gasteiger partial charge is 0.496 e. The van der Waals surface area contributed by atoms with Crippen LogP contribution in [0.2, 0.25) is 0 Å². The molecule has 1 saturated heterocycles. The Kier molecular flexibility index (Phi) is 3.88. The molecule has 0 spiro atoms. The van der Waals surface area contributed by atoms with Crippen molar-refractivity contribution >= 4 is 67.0 Å². The molecule has 0 N–H and O–H groups in total. The standard InChI is InChI=1S/C29H24BNO3/c1-28(2)29(3,4)34-30(33-28)17-13-25-24-14-22-20-11-7-5-9-18(20)19-10-6-8-12-21(19)23(22)15-26(24)32-27(25)31-16-17/h5-16H,1-4H3. The van der Waals surface area contributed by atoms with Crippen LogP contribution in [-0.4, -0.2) is 23.3 Å². The number of furan rings is 1. The fourth-order valence-corrected chi connectivity index (χ4v) is 5.18. The highest BCUT2D eigenvalue weighted by atomic mass is 16.7. The smallest absolute Gasteiger partial charge is 0.438 e. The van der Waals surface area contributed by atoms with E-state index in [0.29, 0.717) is 5.71 Å². The summed E-state index contributed by atoms with van der Waals surface area (Å²) < 4.78 is 18.8. The topological polar surface area (TPSA) is 44.5 Å². The van der Waals surface area contributed by atoms with Gasteiger partial charge in [0.2, 0.25) is 5.71 Å². The summed E-state index contributed by atoms with van der Waals surface area (Å²) in [6.45, 7) is 8.25. The summed E-state index contributed by atoms with van der Waals surface area (Å²) >= 11 is 0. The summed E-state index contributed by atoms with van der Waals surface area (Å²) in [7, 11) is -0.461. The molecule has 7 rings (SSSR count). The van der Waals surface area contributed by atoms with Gasteiger partial charge in [0.25, 0.3) is 0 Å². The zero-order valence-electron chi connectivity index (χ0n) is 19.7. The van der Waals surface area contributed by atoms with Gasteiger partial charge in [0.15, 0.2) is 0 Å². The summed E-state index contributed by atoms with van der Waals surface area (Å²) in [6, 6.07) is 23.7. The number of nitrogens with zero attached hydrogens (tertiary/aromatic N) is 1. The first-order chi connectivity index (χ1) is 16.3. The molecule has 2 aromatic heterocycles. The van der Waals surface area contributed by atoms with E-state index in [2.05, 4.69) is 99.4 Å². The molecule has 5 heteroatoms. The van der Waals surface area contributed by atoms with Crippen LogP contribution >= 0.6 is 0 Å². The van der Waals surface area contributed by atoms with Gasteiger partial charge in [-0.15, -0.1) is 0 Å². The first-order valence-corrected chi connectivity index (χ1v) is 11.7. The first-order valence-electron chi connectivity index (χ1n) is 11.7. The molecule has 0 bridgehead atoms. The van der Waals surface area contributed by atoms with Crippen LogP contribution in [0.5, 0.6) is 0 Å². The summed E-state index contributed by atoms with van der Waals surface area (Å²) in [4.78, 5) is 4.65. The van der Waals surface area contributed by atoms with E-state index in [1.807, 2.05) is 0 Å². The Bertz CT molecular complexity index is 1770. The van der Waals surface area contributed by atoms with E-state index in [1.54, 1.807) is 6.20 Å². The molecule has 0 radical (unpaired) electrons. The number of hydrogen-bond donors (Lipinski definition) is 0. The maximum Gasteiger partial charge on any atom is 0.496 e. The number of fused-ring (bicyclic) bond motifs is 9. The van der Waals surface area contributed by atoms with Gasteiger partial charge < -0.3 is 13.7 Å². The van der Waals surface area contributed by atoms with E-state index < -0.39 is 18.3 Å². The summed E-state index contributed by atoms with van der Waals surface area (Å²) in [5.41, 5.74) is 1.56. The number of rotatable bonds is 1. The molecule has 1 fully saturated rings. The molecule has 0 saturated carbocycles. The van der Waals surface area contributed by atoms with Crippen molar-refractivity contribution in [3.63, 3.8) is 0 Å². The Labute approximate surface area is 197 Å². The zero-order valence-corrected chi connectivity index (χ0v) is 19.7. The average molecular weight is 445 g/mol. The lowest BCUT2D eigenvalue weighted by Crippen LogP contribution is -2.41. The molecule has 0 atom stereocenters. The van der Waals surface area contributed by atoms with E-state index in [1.165, 1.54) is 32.3 Å². The van der Waals surface area contributed by atoms with Crippen molar-refractivity contribution in [2.24, 2.45) is 0 Å². The van der Waals surface area contributed by atoms with Gasteiger partial charge in [-0.25, -0.2) is 4.98 Å². The van der Waals surface area contributed by atoms with Crippen LogP contribution in [0.3, 0.4) is 0 Å². The highest BCUT2D eigenvalue weighted by Gasteiger charge is 2.51. The van der Waals surface area contributed by atoms with Crippen molar-refractivity contribution in [2.45, 2.75) is 38.9 Å². The lowest BCUT2D eigenvalue weighted by Gasteiger charge is -2.32. The second-order valence-corrected chi connectivity index (χ2v) is 10.3. The van der Waals surface area contributed by atoms with Crippen LogP contribution in [0.25, 0.3) is 54.4 Å². The number of aromatic nitrogens is 1. The minimum Gasteiger partial charge on any atom is -0.438 e. The van der Waals surface area contributed by atoms with Gasteiger partial charge >= 0.3 is 7.12 Å². The molecule has 1 aliphatic heterocycles. The van der Waals surface area contributed by atoms with Crippen LogP contribution in [0, 0.1) is 0 Å². The van der Waals surface area contributed by atoms with Crippen LogP contribution in [-0.2, 0) is 9.31 Å². The normalized spacial score (nSPS) is 17.6. The van der Waals surface area contributed by atoms with Crippen molar-refractivity contribution < 1.29 is 13.7 Å². The Morgan fingerprint density at radius 2 is 1.15 bits per heavy atom. The van der Waals surface area contributed by atoms with E-state index in [-0.39, 0.29) is 0 Å². The third-order valence-electron chi connectivity index (χ3n) is 7.74. The predicted molar refractivity (Wildman–Crippen MR) is 140 cm³/mol. The second kappa shape index (κ2) is 6.59. The maximum absolute atomic E-state index is 6.27. The van der Waals surface area contributed by atoms with E-state index in [0.717, 1.165) is 21.8 Å². The Hall–Kier alpha value is -3.41. The number of hydrogen-bond acceptors (Lipinski definition) is 4. The van der Waals surface area contributed by atoms with Crippen molar-refractivity contribution in [3.05, 3.63) is 72.9 Å². The maximum atomic E-state index is 6.27. The molecule has 4 aromatic carbocycles. The van der Waals surface area contributed by atoms with Gasteiger partial charge in [-0.3, -0.25) is 0 Å². The van der Waals surface area contributed by atoms with Crippen LogP contribution in [0.4, 0.5) is 0 Å². The van der Waals surface area contributed by atoms with Gasteiger partial charge in [-0.05, 0) is 78.2 Å². The van der Waals surface area contributed by atoms with E-state index in [4.69, 9.17) is 13.7 Å². The zero-order chi connectivity index (χ0) is 23.2. The van der Waals surface area contributed by atoms with Crippen LogP contribution in [0.15, 0.2) is 77.3 Å². The molecule has 0 amide bonds. The van der Waals surface area contributed by atoms with Gasteiger partial charge in [-0.2, -0.15) is 0 Å². The van der Waals surface area contributed by atoms with Crippen LogP contribution in [0.1, 0.15) is 27.7 Å². The first kappa shape index (κ1) is 20.0. The van der Waals surface area contributed by atoms with Gasteiger partial charge in [0.1, 0.15) is 5.58 Å². The van der Waals surface area contributed by atoms with Gasteiger partial charge in [0.05, 0.1) is 11.2 Å². The molecular formula is C29H24BNO3. The third kappa shape index (κ3) is 2.65. The lowest BCUT2D eigenvalue weighted by molar-refractivity contribution is 0.00578. The van der Waals surface area contributed by atoms with E-state index in [9.17, 15) is 0 Å². The summed E-state index contributed by atoms with van der Waals surface area (Å²) in [5.74, 6) is 0. The Morgan fingerprint density at radius 1 is 0.618 bits per heavy atom. The third-order valence-corrected chi connectivity index (χ3v) is 7.74. The molecule has 0 aliphatic carbocycles. The van der Waals surface area contributed by atoms with E-state index >= 15 is 0 Å². The molecule has 166 valence electrons. The monoisotopic (exact) mass is 445 g/mol. The number of benzene rings is 4. The summed E-state index contributed by atoms with van der Waals surface area (Å²) in [6.07, 6.45) is 1.80. The van der Waals surface area contributed by atoms with Crippen molar-refractivity contribution in [1.29, 1.82) is 0 Å². The highest BCUT2D eigenvalue weighted by molar-refractivity contribution is 6.62. The summed E-state index contributed by atoms with van der Waals surface area (Å²) in [5, 5.41) is 9.40. The predicted octanol–water partition coefficient (Wildman–Crippen LogP) is 6.74. The fourth-order valence-electron chi connectivity index (χ4n) is 5.18. The molecular weight excluding hydrogens is 421 g/mol. The van der Waals surface area contributed by atoms with Crippen LogP contribution < -0.4 is 5.46 Å². The SMILES string of the molecule is CC1(C)OB(c2cnc3oc4cc5c6ccccc6c6ccccc6c5cc4c3c2)OC1(C)C. The number of pyridine rings is 1. The van der Waals surface area contributed by atoms with Gasteiger partial charge in [-0.1, -0.05) is 48.5 Å². The fraction of sp³-hybridized carbons (Fsp3) is 0.207. The minimum absolute atomic E-state index is 0.402. The minimum atomic E-state index is -0.461. The van der Waals surface area contributed by atoms with Crippen molar-refractivity contribution in [1.82, 2.24) is 4.98 Å². The molecule has 3 heterocycles. The highest BCUT2D eigenvalue weighted by Crippen LogP contribution is 2.40. The van der Waals surface area contributed by atoms with Gasteiger partial charge in [0, 0.05) is 22.4 Å². The quantitative estimate of drug-likeness (QED) is 0.208. The molecule has 4 nitrogen and oxygen atoms in total. The Balaban J connectivity index is 1.51. The molecule has 0 unspecified atom stereocenters.